The van der Waals surface area contributed by atoms with Crippen molar-refractivity contribution in [3.8, 4) is 0 Å². The molecule has 1 rings (SSSR count). The summed E-state index contributed by atoms with van der Waals surface area (Å²) in [6, 6.07) is -0.475. The van der Waals surface area contributed by atoms with Gasteiger partial charge in [0.05, 0.1) is 13.2 Å². The molecule has 0 spiro atoms. The quantitative estimate of drug-likeness (QED) is 0.335. The molecular weight excluding hydrogens is 264 g/mol. The summed E-state index contributed by atoms with van der Waals surface area (Å²) in [4.78, 5) is 28.2. The van der Waals surface area contributed by atoms with E-state index in [9.17, 15) is 9.59 Å². The van der Waals surface area contributed by atoms with Gasteiger partial charge in [-0.3, -0.25) is 4.90 Å². The zero-order valence-corrected chi connectivity index (χ0v) is 12.4. The minimum absolute atomic E-state index is 0.130. The Morgan fingerprint density at radius 1 is 1.45 bits per heavy atom. The number of ether oxygens (including phenoxy) is 2. The minimum Gasteiger partial charge on any atom is -0.467 e. The first-order valence-electron chi connectivity index (χ1n) is 6.27. The van der Waals surface area contributed by atoms with Gasteiger partial charge >= 0.3 is 12.1 Å². The third-order valence-electron chi connectivity index (χ3n) is 3.08. The molecule has 0 aliphatic carbocycles. The molecule has 0 N–H and O–H groups in total. The number of likely N-dealkylation sites (tertiary alicyclic amines) is 1. The first-order chi connectivity index (χ1) is 9.14. The molecule has 112 valence electrons. The van der Waals surface area contributed by atoms with Crippen LogP contribution in [0.3, 0.4) is 0 Å². The molecular formula is C12H20N4O4. The number of carbonyl (C=O) groups excluding carboxylic acids is 2. The Hall–Kier alpha value is -1.95. The van der Waals surface area contributed by atoms with Crippen molar-refractivity contribution in [2.75, 3.05) is 13.7 Å². The highest BCUT2D eigenvalue weighted by atomic mass is 16.6. The molecule has 1 aliphatic heterocycles. The summed E-state index contributed by atoms with van der Waals surface area (Å²) in [6.07, 6.45) is -0.413. The zero-order chi connectivity index (χ0) is 15.6. The highest BCUT2D eigenvalue weighted by Gasteiger charge is 2.51. The lowest BCUT2D eigenvalue weighted by Gasteiger charge is -2.33. The third kappa shape index (κ3) is 3.33. The fourth-order valence-corrected chi connectivity index (χ4v) is 2.20. The lowest BCUT2D eigenvalue weighted by atomic mass is 9.98. The van der Waals surface area contributed by atoms with Gasteiger partial charge in [-0.05, 0) is 39.6 Å². The van der Waals surface area contributed by atoms with Crippen LogP contribution in [0, 0.1) is 0 Å². The summed E-state index contributed by atoms with van der Waals surface area (Å²) >= 11 is 0. The van der Waals surface area contributed by atoms with Crippen LogP contribution in [0.25, 0.3) is 10.4 Å². The summed E-state index contributed by atoms with van der Waals surface area (Å²) < 4.78 is 10.0. The van der Waals surface area contributed by atoms with E-state index in [1.807, 2.05) is 0 Å². The molecule has 1 saturated heterocycles. The van der Waals surface area contributed by atoms with Crippen LogP contribution in [0.1, 0.15) is 34.1 Å². The molecule has 8 heteroatoms. The molecule has 0 aromatic rings. The van der Waals surface area contributed by atoms with Crippen LogP contribution < -0.4 is 0 Å². The molecule has 1 fully saturated rings. The molecule has 8 nitrogen and oxygen atoms in total. The molecule has 20 heavy (non-hydrogen) atoms. The Morgan fingerprint density at radius 2 is 2.05 bits per heavy atom. The Balaban J connectivity index is 3.03. The predicted octanol–water partition coefficient (Wildman–Crippen LogP) is 2.24. The molecule has 1 aliphatic rings. The largest absolute Gasteiger partial charge is 0.467 e. The van der Waals surface area contributed by atoms with Gasteiger partial charge in [-0.1, -0.05) is 5.11 Å². The number of amides is 1. The number of carbonyl (C=O) groups is 2. The van der Waals surface area contributed by atoms with Crippen LogP contribution in [-0.4, -0.2) is 47.8 Å². The van der Waals surface area contributed by atoms with Crippen molar-refractivity contribution >= 4 is 12.1 Å². The van der Waals surface area contributed by atoms with E-state index in [2.05, 4.69) is 10.0 Å². The van der Waals surface area contributed by atoms with Crippen LogP contribution in [-0.2, 0) is 14.3 Å². The van der Waals surface area contributed by atoms with Crippen LogP contribution in [0.15, 0.2) is 5.11 Å². The van der Waals surface area contributed by atoms with Crippen molar-refractivity contribution in [1.82, 2.24) is 4.90 Å². The second kappa shape index (κ2) is 5.58. The van der Waals surface area contributed by atoms with Crippen molar-refractivity contribution < 1.29 is 19.1 Å². The van der Waals surface area contributed by atoms with E-state index >= 15 is 0 Å². The van der Waals surface area contributed by atoms with Gasteiger partial charge in [-0.25, -0.2) is 9.59 Å². The molecule has 0 aromatic carbocycles. The maximum atomic E-state index is 12.2. The van der Waals surface area contributed by atoms with Gasteiger partial charge in [0, 0.05) is 11.5 Å². The average molecular weight is 284 g/mol. The molecule has 0 bridgehead atoms. The summed E-state index contributed by atoms with van der Waals surface area (Å²) in [5, 5.41) is 3.59. The number of nitrogens with zero attached hydrogens (tertiary/aromatic N) is 4. The van der Waals surface area contributed by atoms with Crippen LogP contribution in [0.2, 0.25) is 0 Å². The highest BCUT2D eigenvalue weighted by molar-refractivity contribution is 5.86. The van der Waals surface area contributed by atoms with Gasteiger partial charge in [-0.2, -0.15) is 0 Å². The van der Waals surface area contributed by atoms with E-state index in [1.54, 1.807) is 27.7 Å². The van der Waals surface area contributed by atoms with E-state index in [0.717, 1.165) is 0 Å². The number of rotatable bonds is 2. The fourth-order valence-electron chi connectivity index (χ4n) is 2.20. The van der Waals surface area contributed by atoms with E-state index in [0.29, 0.717) is 0 Å². The van der Waals surface area contributed by atoms with Crippen molar-refractivity contribution in [1.29, 1.82) is 0 Å². The van der Waals surface area contributed by atoms with Crippen molar-refractivity contribution in [2.45, 2.75) is 51.3 Å². The molecule has 0 saturated carbocycles. The molecule has 2 atom stereocenters. The average Bonchev–Trinajstić information content (AvgIpc) is 2.65. The lowest BCUT2D eigenvalue weighted by molar-refractivity contribution is -0.152. The predicted molar refractivity (Wildman–Crippen MR) is 70.9 cm³/mol. The van der Waals surface area contributed by atoms with Crippen LogP contribution in [0.4, 0.5) is 4.79 Å². The summed E-state index contributed by atoms with van der Waals surface area (Å²) in [5.41, 5.74) is 6.65. The molecule has 0 aromatic heterocycles. The van der Waals surface area contributed by atoms with Crippen molar-refractivity contribution in [2.24, 2.45) is 5.11 Å². The van der Waals surface area contributed by atoms with Gasteiger partial charge in [0.15, 0.2) is 0 Å². The summed E-state index contributed by atoms with van der Waals surface area (Å²) in [7, 11) is 1.25. The molecule has 0 unspecified atom stereocenters. The monoisotopic (exact) mass is 284 g/mol. The number of hydrogen-bond acceptors (Lipinski definition) is 5. The number of azide groups is 1. The SMILES string of the molecule is COC(=O)[C@]1(C)C[C@H](N=[N+]=[N-])CN1C(=O)OC(C)(C)C. The van der Waals surface area contributed by atoms with Crippen molar-refractivity contribution in [3.63, 3.8) is 0 Å². The second-order valence-electron chi connectivity index (χ2n) is 5.92. The smallest absolute Gasteiger partial charge is 0.411 e. The standard InChI is InChI=1S/C12H20N4O4/c1-11(2,3)20-10(18)16-7-8(14-15-13)6-12(16,4)9(17)19-5/h8H,6-7H2,1-5H3/t8-,12-/m0/s1. The molecule has 1 heterocycles. The Morgan fingerprint density at radius 3 is 2.50 bits per heavy atom. The van der Waals surface area contributed by atoms with Gasteiger partial charge in [0.2, 0.25) is 0 Å². The lowest BCUT2D eigenvalue weighted by Crippen LogP contribution is -2.52. The normalized spacial score (nSPS) is 25.9. The molecule has 0 radical (unpaired) electrons. The minimum atomic E-state index is -1.18. The number of hydrogen-bond donors (Lipinski definition) is 0. The topological polar surface area (TPSA) is 105 Å². The van der Waals surface area contributed by atoms with Gasteiger partial charge in [0.1, 0.15) is 11.1 Å². The second-order valence-corrected chi connectivity index (χ2v) is 5.92. The fraction of sp³-hybridized carbons (Fsp3) is 0.833. The first-order valence-corrected chi connectivity index (χ1v) is 6.27. The molecule has 1 amide bonds. The highest BCUT2D eigenvalue weighted by Crippen LogP contribution is 2.33. The first kappa shape index (κ1) is 16.1. The van der Waals surface area contributed by atoms with E-state index < -0.39 is 29.2 Å². The van der Waals surface area contributed by atoms with E-state index in [4.69, 9.17) is 15.0 Å². The Bertz CT molecular complexity index is 453. The Labute approximate surface area is 117 Å². The Kier molecular flexibility index (Phi) is 4.50. The van der Waals surface area contributed by atoms with Crippen LogP contribution in [0.5, 0.6) is 0 Å². The van der Waals surface area contributed by atoms with Gasteiger partial charge in [0.25, 0.3) is 0 Å². The third-order valence-corrected chi connectivity index (χ3v) is 3.08. The van der Waals surface area contributed by atoms with Crippen molar-refractivity contribution in [3.05, 3.63) is 10.4 Å². The van der Waals surface area contributed by atoms with Gasteiger partial charge in [-0.15, -0.1) is 0 Å². The van der Waals surface area contributed by atoms with Crippen LogP contribution >= 0.6 is 0 Å². The number of esters is 1. The van der Waals surface area contributed by atoms with Gasteiger partial charge < -0.3 is 9.47 Å². The number of methoxy groups -OCH3 is 1. The maximum absolute atomic E-state index is 12.2. The van der Waals surface area contributed by atoms with E-state index in [1.165, 1.54) is 12.0 Å². The zero-order valence-electron chi connectivity index (χ0n) is 12.4. The summed E-state index contributed by atoms with van der Waals surface area (Å²) in [5.74, 6) is -0.556. The maximum Gasteiger partial charge on any atom is 0.411 e. The summed E-state index contributed by atoms with van der Waals surface area (Å²) in [6.45, 7) is 6.92. The van der Waals surface area contributed by atoms with E-state index in [-0.39, 0.29) is 13.0 Å².